The third kappa shape index (κ3) is 4.37. The fourth-order valence-electron chi connectivity index (χ4n) is 3.16. The second kappa shape index (κ2) is 9.10. The number of nitrogens with zero attached hydrogens (tertiary/aromatic N) is 3. The number of rotatable bonds is 9. The number of hydrogen-bond acceptors (Lipinski definition) is 8. The van der Waals surface area contributed by atoms with E-state index in [2.05, 4.69) is 37.1 Å². The van der Waals surface area contributed by atoms with Gasteiger partial charge in [-0.1, -0.05) is 17.4 Å². The average molecular weight is 425 g/mol. The molecule has 0 saturated carbocycles. The maximum Gasteiger partial charge on any atom is 0.206 e. The Kier molecular flexibility index (Phi) is 6.10. The van der Waals surface area contributed by atoms with Gasteiger partial charge in [-0.05, 0) is 42.8 Å². The Bertz CT molecular complexity index is 1140. The van der Waals surface area contributed by atoms with Crippen molar-refractivity contribution in [3.05, 3.63) is 47.7 Å². The van der Waals surface area contributed by atoms with Gasteiger partial charge in [0.15, 0.2) is 11.5 Å². The number of aryl methyl sites for hydroxylation is 1. The Balaban J connectivity index is 1.28. The van der Waals surface area contributed by atoms with Gasteiger partial charge in [-0.15, -0.1) is 10.2 Å². The summed E-state index contributed by atoms with van der Waals surface area (Å²) in [7, 11) is 3.28. The van der Waals surface area contributed by atoms with Crippen LogP contribution < -0.4 is 20.1 Å². The predicted molar refractivity (Wildman–Crippen MR) is 119 cm³/mol. The SMILES string of the molecule is COc1ccc(CNCCNc2nnc(-c3ccc4n[nH]c(C)c4c3)s2)cc1OC. The first-order valence-corrected chi connectivity index (χ1v) is 10.4. The number of aromatic nitrogens is 4. The van der Waals surface area contributed by atoms with Crippen LogP contribution in [0.3, 0.4) is 0 Å². The third-order valence-corrected chi connectivity index (χ3v) is 5.70. The molecule has 0 saturated heterocycles. The van der Waals surface area contributed by atoms with Crippen LogP contribution in [-0.4, -0.2) is 47.7 Å². The first-order chi connectivity index (χ1) is 14.7. The zero-order valence-corrected chi connectivity index (χ0v) is 18.0. The third-order valence-electron chi connectivity index (χ3n) is 4.77. The molecule has 0 aliphatic carbocycles. The first kappa shape index (κ1) is 20.1. The molecule has 0 aliphatic heterocycles. The van der Waals surface area contributed by atoms with Crippen molar-refractivity contribution in [2.75, 3.05) is 32.6 Å². The molecule has 8 nitrogen and oxygen atoms in total. The fourth-order valence-corrected chi connectivity index (χ4v) is 3.93. The summed E-state index contributed by atoms with van der Waals surface area (Å²) in [6.45, 7) is 4.31. The molecule has 2 aromatic carbocycles. The van der Waals surface area contributed by atoms with Gasteiger partial charge in [0.25, 0.3) is 0 Å². The normalized spacial score (nSPS) is 11.0. The minimum absolute atomic E-state index is 0.733. The van der Waals surface area contributed by atoms with Crippen molar-refractivity contribution < 1.29 is 9.47 Å². The number of nitrogens with one attached hydrogen (secondary N) is 3. The summed E-state index contributed by atoms with van der Waals surface area (Å²) in [5.74, 6) is 1.47. The molecule has 0 bridgehead atoms. The van der Waals surface area contributed by atoms with Gasteiger partial charge < -0.3 is 20.1 Å². The molecule has 4 rings (SSSR count). The van der Waals surface area contributed by atoms with Crippen molar-refractivity contribution in [3.8, 4) is 22.1 Å². The molecule has 0 fully saturated rings. The van der Waals surface area contributed by atoms with Gasteiger partial charge in [0.2, 0.25) is 5.13 Å². The van der Waals surface area contributed by atoms with E-state index in [1.165, 1.54) is 0 Å². The Morgan fingerprint density at radius 1 is 1.00 bits per heavy atom. The second-order valence-electron chi connectivity index (χ2n) is 6.79. The van der Waals surface area contributed by atoms with Crippen molar-refractivity contribution in [3.63, 3.8) is 0 Å². The minimum Gasteiger partial charge on any atom is -0.493 e. The number of methoxy groups -OCH3 is 2. The molecule has 0 atom stereocenters. The van der Waals surface area contributed by atoms with E-state index in [-0.39, 0.29) is 0 Å². The summed E-state index contributed by atoms with van der Waals surface area (Å²) < 4.78 is 10.6. The summed E-state index contributed by atoms with van der Waals surface area (Å²) >= 11 is 1.54. The highest BCUT2D eigenvalue weighted by molar-refractivity contribution is 7.18. The van der Waals surface area contributed by atoms with Crippen molar-refractivity contribution in [2.45, 2.75) is 13.5 Å². The number of hydrogen-bond donors (Lipinski definition) is 3. The molecule has 0 spiro atoms. The summed E-state index contributed by atoms with van der Waals surface area (Å²) in [6.07, 6.45) is 0. The monoisotopic (exact) mass is 424 g/mol. The van der Waals surface area contributed by atoms with Gasteiger partial charge in [0.05, 0.1) is 19.7 Å². The quantitative estimate of drug-likeness (QED) is 0.353. The minimum atomic E-state index is 0.733. The first-order valence-electron chi connectivity index (χ1n) is 9.62. The molecule has 0 aliphatic rings. The van der Waals surface area contributed by atoms with Crippen LogP contribution in [0.5, 0.6) is 11.5 Å². The van der Waals surface area contributed by atoms with Gasteiger partial charge in [0, 0.05) is 36.3 Å². The highest BCUT2D eigenvalue weighted by Gasteiger charge is 2.09. The molecule has 9 heteroatoms. The van der Waals surface area contributed by atoms with Crippen LogP contribution in [0.1, 0.15) is 11.3 Å². The summed E-state index contributed by atoms with van der Waals surface area (Å²) in [5, 5.41) is 25.4. The van der Waals surface area contributed by atoms with E-state index in [1.54, 1.807) is 25.6 Å². The van der Waals surface area contributed by atoms with E-state index in [0.29, 0.717) is 0 Å². The van der Waals surface area contributed by atoms with E-state index in [1.807, 2.05) is 37.3 Å². The van der Waals surface area contributed by atoms with E-state index in [9.17, 15) is 0 Å². The molecule has 0 radical (unpaired) electrons. The summed E-state index contributed by atoms with van der Waals surface area (Å²) in [5.41, 5.74) is 4.19. The molecule has 3 N–H and O–H groups in total. The van der Waals surface area contributed by atoms with Crippen molar-refractivity contribution >= 4 is 27.4 Å². The number of ether oxygens (including phenoxy) is 2. The van der Waals surface area contributed by atoms with Gasteiger partial charge in [-0.2, -0.15) is 5.10 Å². The number of aromatic amines is 1. The van der Waals surface area contributed by atoms with Crippen molar-refractivity contribution in [1.82, 2.24) is 25.7 Å². The van der Waals surface area contributed by atoms with Gasteiger partial charge in [0.1, 0.15) is 5.01 Å². The van der Waals surface area contributed by atoms with E-state index >= 15 is 0 Å². The van der Waals surface area contributed by atoms with Crippen LogP contribution in [0.4, 0.5) is 5.13 Å². The highest BCUT2D eigenvalue weighted by atomic mass is 32.1. The molecule has 0 amide bonds. The van der Waals surface area contributed by atoms with Crippen LogP contribution >= 0.6 is 11.3 Å². The van der Waals surface area contributed by atoms with Crippen LogP contribution in [-0.2, 0) is 6.54 Å². The molecule has 2 aromatic heterocycles. The average Bonchev–Trinajstić information content (AvgIpc) is 3.40. The van der Waals surface area contributed by atoms with Gasteiger partial charge in [-0.3, -0.25) is 5.10 Å². The lowest BCUT2D eigenvalue weighted by atomic mass is 10.1. The summed E-state index contributed by atoms with van der Waals surface area (Å²) in [4.78, 5) is 0. The molecular weight excluding hydrogens is 400 g/mol. The second-order valence-corrected chi connectivity index (χ2v) is 7.76. The Morgan fingerprint density at radius 2 is 1.87 bits per heavy atom. The lowest BCUT2D eigenvalue weighted by Gasteiger charge is -2.10. The zero-order valence-electron chi connectivity index (χ0n) is 17.2. The number of anilines is 1. The molecule has 0 unspecified atom stereocenters. The lowest BCUT2D eigenvalue weighted by molar-refractivity contribution is 0.354. The predicted octanol–water partition coefficient (Wildman–Crippen LogP) is 3.61. The van der Waals surface area contributed by atoms with Crippen molar-refractivity contribution in [2.24, 2.45) is 0 Å². The largest absolute Gasteiger partial charge is 0.493 e. The topological polar surface area (TPSA) is 97.0 Å². The maximum absolute atomic E-state index is 5.34. The van der Waals surface area contributed by atoms with E-state index in [4.69, 9.17) is 9.47 Å². The Labute approximate surface area is 178 Å². The van der Waals surface area contributed by atoms with Crippen LogP contribution in [0.2, 0.25) is 0 Å². The standard InChI is InChI=1S/C21H24N6O2S/c1-13-16-11-15(5-6-17(16)25-24-13)20-26-27-21(30-20)23-9-8-22-12-14-4-7-18(28-2)19(10-14)29-3/h4-7,10-11,22H,8-9,12H2,1-3H3,(H,23,27)(H,24,25). The zero-order chi connectivity index (χ0) is 20.9. The molecule has 156 valence electrons. The Morgan fingerprint density at radius 3 is 2.70 bits per heavy atom. The maximum atomic E-state index is 5.34. The molecule has 30 heavy (non-hydrogen) atoms. The van der Waals surface area contributed by atoms with Crippen LogP contribution in [0.25, 0.3) is 21.5 Å². The highest BCUT2D eigenvalue weighted by Crippen LogP contribution is 2.29. The Hall–Kier alpha value is -3.17. The van der Waals surface area contributed by atoms with Crippen molar-refractivity contribution in [1.29, 1.82) is 0 Å². The summed E-state index contributed by atoms with van der Waals surface area (Å²) in [6, 6.07) is 12.0. The molecule has 4 aromatic rings. The number of H-pyrrole nitrogens is 1. The van der Waals surface area contributed by atoms with Crippen LogP contribution in [0.15, 0.2) is 36.4 Å². The molecular formula is C21H24N6O2S. The lowest BCUT2D eigenvalue weighted by Crippen LogP contribution is -2.21. The number of benzene rings is 2. The smallest absolute Gasteiger partial charge is 0.206 e. The van der Waals surface area contributed by atoms with Gasteiger partial charge in [-0.25, -0.2) is 0 Å². The fraction of sp³-hybridized carbons (Fsp3) is 0.286. The molecule has 2 heterocycles. The van der Waals surface area contributed by atoms with Crippen LogP contribution in [0, 0.1) is 6.92 Å². The van der Waals surface area contributed by atoms with E-state index in [0.717, 1.165) is 69.0 Å². The number of fused-ring (bicyclic) bond motifs is 1. The van der Waals surface area contributed by atoms with E-state index < -0.39 is 0 Å². The van der Waals surface area contributed by atoms with Gasteiger partial charge >= 0.3 is 0 Å².